The summed E-state index contributed by atoms with van der Waals surface area (Å²) in [5.74, 6) is 0.905. The molecule has 0 saturated carbocycles. The zero-order valence-electron chi connectivity index (χ0n) is 12.4. The molecule has 0 aliphatic carbocycles. The van der Waals surface area contributed by atoms with Crippen molar-refractivity contribution >= 4 is 11.8 Å². The number of rotatable bonds is 6. The Labute approximate surface area is 123 Å². The molecule has 2 aromatic rings. The number of pyridine rings is 1. The van der Waals surface area contributed by atoms with Crippen LogP contribution in [0.4, 0.5) is 5.82 Å². The zero-order chi connectivity index (χ0) is 15.4. The number of aromatic carboxylic acids is 1. The Morgan fingerprint density at radius 1 is 1.33 bits per heavy atom. The summed E-state index contributed by atoms with van der Waals surface area (Å²) in [6.07, 6.45) is 1.65. The maximum Gasteiger partial charge on any atom is 0.335 e. The first kappa shape index (κ1) is 15.0. The lowest BCUT2D eigenvalue weighted by Crippen LogP contribution is -2.07. The smallest absolute Gasteiger partial charge is 0.335 e. The van der Waals surface area contributed by atoms with Gasteiger partial charge < -0.3 is 14.8 Å². The highest BCUT2D eigenvalue weighted by Crippen LogP contribution is 2.14. The minimum Gasteiger partial charge on any atom is -0.478 e. The summed E-state index contributed by atoms with van der Waals surface area (Å²) >= 11 is 0. The summed E-state index contributed by atoms with van der Waals surface area (Å²) in [4.78, 5) is 19.8. The fourth-order valence-corrected chi connectivity index (χ4v) is 1.97. The molecule has 21 heavy (non-hydrogen) atoms. The first-order valence-corrected chi connectivity index (χ1v) is 6.90. The summed E-state index contributed by atoms with van der Waals surface area (Å²) in [5, 5.41) is 12.2. The molecule has 6 nitrogen and oxygen atoms in total. The summed E-state index contributed by atoms with van der Waals surface area (Å²) in [5.41, 5.74) is 1.85. The molecule has 0 aromatic carbocycles. The van der Waals surface area contributed by atoms with Crippen molar-refractivity contribution in [1.29, 1.82) is 0 Å². The van der Waals surface area contributed by atoms with Gasteiger partial charge in [0, 0.05) is 5.69 Å². The third-order valence-corrected chi connectivity index (χ3v) is 3.13. The summed E-state index contributed by atoms with van der Waals surface area (Å²) < 4.78 is 5.47. The first-order valence-electron chi connectivity index (χ1n) is 6.90. The number of carbonyl (C=O) groups is 1. The number of aryl methyl sites for hydroxylation is 3. The van der Waals surface area contributed by atoms with Crippen LogP contribution in [0.15, 0.2) is 16.5 Å². The molecule has 0 atom stereocenters. The summed E-state index contributed by atoms with van der Waals surface area (Å²) in [7, 11) is 0. The summed E-state index contributed by atoms with van der Waals surface area (Å²) in [6, 6.07) is 3.13. The molecule has 2 aromatic heterocycles. The molecule has 0 radical (unpaired) electrons. The van der Waals surface area contributed by atoms with Gasteiger partial charge in [0.2, 0.25) is 5.89 Å². The quantitative estimate of drug-likeness (QED) is 0.850. The van der Waals surface area contributed by atoms with Crippen molar-refractivity contribution < 1.29 is 14.3 Å². The zero-order valence-corrected chi connectivity index (χ0v) is 12.4. The molecule has 112 valence electrons. The van der Waals surface area contributed by atoms with Crippen molar-refractivity contribution in [2.45, 2.75) is 40.2 Å². The van der Waals surface area contributed by atoms with Crippen LogP contribution in [-0.4, -0.2) is 21.0 Å². The van der Waals surface area contributed by atoms with Crippen LogP contribution in [0.5, 0.6) is 0 Å². The predicted molar refractivity (Wildman–Crippen MR) is 78.5 cm³/mol. The van der Waals surface area contributed by atoms with Crippen LogP contribution in [0.2, 0.25) is 0 Å². The van der Waals surface area contributed by atoms with Crippen LogP contribution < -0.4 is 5.32 Å². The minimum atomic E-state index is -0.958. The molecule has 0 spiro atoms. The Kier molecular flexibility index (Phi) is 4.57. The molecular formula is C15H19N3O3. The lowest BCUT2D eigenvalue weighted by Gasteiger charge is -2.07. The van der Waals surface area contributed by atoms with E-state index < -0.39 is 5.97 Å². The van der Waals surface area contributed by atoms with Gasteiger partial charge in [-0.1, -0.05) is 13.3 Å². The molecule has 2 heterocycles. The number of carboxylic acids is 1. The number of anilines is 1. The Morgan fingerprint density at radius 2 is 2.10 bits per heavy atom. The normalized spacial score (nSPS) is 10.6. The van der Waals surface area contributed by atoms with Gasteiger partial charge in [-0.2, -0.15) is 0 Å². The molecule has 0 aliphatic heterocycles. The van der Waals surface area contributed by atoms with E-state index in [1.807, 2.05) is 20.8 Å². The van der Waals surface area contributed by atoms with E-state index in [4.69, 9.17) is 9.52 Å². The monoisotopic (exact) mass is 289 g/mol. The van der Waals surface area contributed by atoms with Crippen molar-refractivity contribution in [2.24, 2.45) is 0 Å². The Hall–Kier alpha value is -2.37. The van der Waals surface area contributed by atoms with E-state index in [0.717, 1.165) is 30.0 Å². The number of hydrogen-bond donors (Lipinski definition) is 2. The van der Waals surface area contributed by atoms with Gasteiger partial charge in [0.25, 0.3) is 0 Å². The number of nitrogens with zero attached hydrogens (tertiary/aromatic N) is 2. The second-order valence-corrected chi connectivity index (χ2v) is 4.89. The van der Waals surface area contributed by atoms with E-state index in [1.54, 1.807) is 6.07 Å². The van der Waals surface area contributed by atoms with Gasteiger partial charge in [-0.05, 0) is 32.4 Å². The van der Waals surface area contributed by atoms with Gasteiger partial charge in [-0.25, -0.2) is 14.8 Å². The van der Waals surface area contributed by atoms with E-state index in [-0.39, 0.29) is 5.56 Å². The van der Waals surface area contributed by atoms with Crippen molar-refractivity contribution in [2.75, 3.05) is 5.32 Å². The van der Waals surface area contributed by atoms with Crippen LogP contribution in [-0.2, 0) is 13.0 Å². The topological polar surface area (TPSA) is 88.2 Å². The Balaban J connectivity index is 2.16. The van der Waals surface area contributed by atoms with Gasteiger partial charge in [0.05, 0.1) is 17.8 Å². The number of carboxylic acid groups (broad SMARTS) is 1. The highest BCUT2D eigenvalue weighted by molar-refractivity contribution is 5.88. The van der Waals surface area contributed by atoms with Gasteiger partial charge in [0.1, 0.15) is 11.6 Å². The third-order valence-electron chi connectivity index (χ3n) is 3.13. The largest absolute Gasteiger partial charge is 0.478 e. The number of nitrogens with one attached hydrogen (secondary N) is 1. The van der Waals surface area contributed by atoms with Gasteiger partial charge in [-0.3, -0.25) is 0 Å². The molecule has 0 unspecified atom stereocenters. The number of oxazole rings is 1. The Bertz CT molecular complexity index is 630. The van der Waals surface area contributed by atoms with Crippen molar-refractivity contribution in [3.05, 3.63) is 40.7 Å². The van der Waals surface area contributed by atoms with E-state index in [9.17, 15) is 4.79 Å². The van der Waals surface area contributed by atoms with Crippen molar-refractivity contribution in [3.8, 4) is 0 Å². The van der Waals surface area contributed by atoms with Crippen molar-refractivity contribution in [3.63, 3.8) is 0 Å². The fourth-order valence-electron chi connectivity index (χ4n) is 1.97. The first-order chi connectivity index (χ1) is 9.99. The van der Waals surface area contributed by atoms with Crippen LogP contribution in [0.1, 0.15) is 46.7 Å². The molecule has 0 amide bonds. The van der Waals surface area contributed by atoms with E-state index in [1.165, 1.54) is 6.07 Å². The highest BCUT2D eigenvalue weighted by Gasteiger charge is 2.10. The molecule has 0 fully saturated rings. The maximum atomic E-state index is 11.1. The highest BCUT2D eigenvalue weighted by atomic mass is 16.4. The predicted octanol–water partition coefficient (Wildman–Crippen LogP) is 2.95. The van der Waals surface area contributed by atoms with Crippen LogP contribution >= 0.6 is 0 Å². The minimum absolute atomic E-state index is 0.232. The molecule has 0 saturated heterocycles. The second-order valence-electron chi connectivity index (χ2n) is 4.89. The molecule has 0 bridgehead atoms. The van der Waals surface area contributed by atoms with E-state index in [0.29, 0.717) is 18.3 Å². The van der Waals surface area contributed by atoms with Gasteiger partial charge >= 0.3 is 5.97 Å². The SMILES string of the molecule is CCCc1cc(C(=O)O)cc(NCc2nc(C)c(C)o2)n1. The standard InChI is InChI=1S/C15H19N3O3/c1-4-5-12-6-11(15(19)20)7-13(18-12)16-8-14-17-9(2)10(3)21-14/h6-7H,4-5,8H2,1-3H3,(H,16,18)(H,19,20). The number of hydrogen-bond acceptors (Lipinski definition) is 5. The second kappa shape index (κ2) is 6.39. The number of aromatic nitrogens is 2. The summed E-state index contributed by atoms with van der Waals surface area (Å²) in [6.45, 7) is 6.14. The van der Waals surface area contributed by atoms with E-state index >= 15 is 0 Å². The van der Waals surface area contributed by atoms with Crippen LogP contribution in [0, 0.1) is 13.8 Å². The average Bonchev–Trinajstić information content (AvgIpc) is 2.76. The molecule has 2 rings (SSSR count). The van der Waals surface area contributed by atoms with Crippen molar-refractivity contribution in [1.82, 2.24) is 9.97 Å². The lowest BCUT2D eigenvalue weighted by atomic mass is 10.1. The van der Waals surface area contributed by atoms with Gasteiger partial charge in [-0.15, -0.1) is 0 Å². The van der Waals surface area contributed by atoms with Gasteiger partial charge in [0.15, 0.2) is 0 Å². The molecule has 2 N–H and O–H groups in total. The molecule has 0 aliphatic rings. The lowest BCUT2D eigenvalue weighted by molar-refractivity contribution is 0.0696. The average molecular weight is 289 g/mol. The maximum absolute atomic E-state index is 11.1. The van der Waals surface area contributed by atoms with E-state index in [2.05, 4.69) is 15.3 Å². The van der Waals surface area contributed by atoms with Crippen LogP contribution in [0.3, 0.4) is 0 Å². The Morgan fingerprint density at radius 3 is 2.67 bits per heavy atom. The van der Waals surface area contributed by atoms with Crippen LogP contribution in [0.25, 0.3) is 0 Å². The molecular weight excluding hydrogens is 270 g/mol. The third kappa shape index (κ3) is 3.81. The fraction of sp³-hybridized carbons (Fsp3) is 0.400. The molecule has 6 heteroatoms.